The van der Waals surface area contributed by atoms with Crippen LogP contribution in [0.25, 0.3) is 0 Å². The molecular weight excluding hydrogens is 212 g/mol. The van der Waals surface area contributed by atoms with E-state index in [0.717, 1.165) is 17.7 Å². The number of aryl methyl sites for hydroxylation is 1. The van der Waals surface area contributed by atoms with Crippen LogP contribution in [0.15, 0.2) is 18.2 Å². The molecule has 1 atom stereocenters. The van der Waals surface area contributed by atoms with Crippen molar-refractivity contribution >= 4 is 11.6 Å². The summed E-state index contributed by atoms with van der Waals surface area (Å²) in [5.74, 6) is 0.121. The van der Waals surface area contributed by atoms with Crippen LogP contribution in [0.3, 0.4) is 0 Å². The van der Waals surface area contributed by atoms with Gasteiger partial charge in [-0.2, -0.15) is 0 Å². The Morgan fingerprint density at radius 3 is 2.65 bits per heavy atom. The van der Waals surface area contributed by atoms with Gasteiger partial charge in [-0.15, -0.1) is 0 Å². The molecule has 17 heavy (non-hydrogen) atoms. The predicted molar refractivity (Wildman–Crippen MR) is 72.3 cm³/mol. The molecule has 1 amide bonds. The van der Waals surface area contributed by atoms with Crippen LogP contribution in [0.1, 0.15) is 24.5 Å². The second kappa shape index (κ2) is 6.40. The SMILES string of the molecule is CCC(CNC)C(=O)Nc1cccc(C)c1C. The molecule has 0 saturated carbocycles. The van der Waals surface area contributed by atoms with Crippen molar-refractivity contribution in [1.29, 1.82) is 0 Å². The molecule has 0 heterocycles. The second-order valence-electron chi connectivity index (χ2n) is 4.40. The van der Waals surface area contributed by atoms with Crippen molar-refractivity contribution in [2.45, 2.75) is 27.2 Å². The third-order valence-corrected chi connectivity index (χ3v) is 3.18. The molecule has 0 aliphatic rings. The van der Waals surface area contributed by atoms with Crippen molar-refractivity contribution in [3.05, 3.63) is 29.3 Å². The molecule has 0 aliphatic carbocycles. The van der Waals surface area contributed by atoms with Crippen LogP contribution in [0.4, 0.5) is 5.69 Å². The number of hydrogen-bond acceptors (Lipinski definition) is 2. The van der Waals surface area contributed by atoms with Crippen LogP contribution in [0, 0.1) is 19.8 Å². The summed E-state index contributed by atoms with van der Waals surface area (Å²) in [5.41, 5.74) is 3.26. The van der Waals surface area contributed by atoms with Crippen molar-refractivity contribution in [3.8, 4) is 0 Å². The Bertz CT molecular complexity index is 388. The van der Waals surface area contributed by atoms with Crippen molar-refractivity contribution in [1.82, 2.24) is 5.32 Å². The van der Waals surface area contributed by atoms with Crippen molar-refractivity contribution in [3.63, 3.8) is 0 Å². The second-order valence-corrected chi connectivity index (χ2v) is 4.40. The smallest absolute Gasteiger partial charge is 0.228 e. The normalized spacial score (nSPS) is 12.2. The number of nitrogens with one attached hydrogen (secondary N) is 2. The third kappa shape index (κ3) is 3.56. The molecule has 2 N–H and O–H groups in total. The van der Waals surface area contributed by atoms with Gasteiger partial charge in [0.1, 0.15) is 0 Å². The standard InChI is InChI=1S/C14H22N2O/c1-5-12(9-15-4)14(17)16-13-8-6-7-10(2)11(13)3/h6-8,12,15H,5,9H2,1-4H3,(H,16,17). The molecule has 3 nitrogen and oxygen atoms in total. The molecular formula is C14H22N2O. The summed E-state index contributed by atoms with van der Waals surface area (Å²) >= 11 is 0. The van der Waals surface area contributed by atoms with Gasteiger partial charge in [-0.1, -0.05) is 19.1 Å². The molecule has 0 bridgehead atoms. The molecule has 0 fully saturated rings. The number of carbonyl (C=O) groups is 1. The first kappa shape index (κ1) is 13.7. The van der Waals surface area contributed by atoms with Crippen LogP contribution < -0.4 is 10.6 Å². The van der Waals surface area contributed by atoms with Gasteiger partial charge >= 0.3 is 0 Å². The van der Waals surface area contributed by atoms with E-state index in [1.165, 1.54) is 5.56 Å². The highest BCUT2D eigenvalue weighted by Crippen LogP contribution is 2.19. The fourth-order valence-electron chi connectivity index (χ4n) is 1.79. The number of rotatable bonds is 5. The number of anilines is 1. The summed E-state index contributed by atoms with van der Waals surface area (Å²) in [7, 11) is 1.87. The Kier molecular flexibility index (Phi) is 5.16. The maximum atomic E-state index is 12.0. The molecule has 1 aromatic rings. The average molecular weight is 234 g/mol. The largest absolute Gasteiger partial charge is 0.326 e. The summed E-state index contributed by atoms with van der Waals surface area (Å²) in [5, 5.41) is 6.06. The Labute approximate surface area is 104 Å². The number of amides is 1. The topological polar surface area (TPSA) is 41.1 Å². The number of hydrogen-bond donors (Lipinski definition) is 2. The Hall–Kier alpha value is -1.35. The van der Waals surface area contributed by atoms with E-state index in [0.29, 0.717) is 6.54 Å². The van der Waals surface area contributed by atoms with E-state index in [2.05, 4.69) is 23.6 Å². The first-order chi connectivity index (χ1) is 8.10. The summed E-state index contributed by atoms with van der Waals surface area (Å²) in [6.45, 7) is 6.83. The monoisotopic (exact) mass is 234 g/mol. The van der Waals surface area contributed by atoms with Crippen LogP contribution in [0.5, 0.6) is 0 Å². The van der Waals surface area contributed by atoms with E-state index in [1.807, 2.05) is 33.0 Å². The highest BCUT2D eigenvalue weighted by molar-refractivity contribution is 5.93. The van der Waals surface area contributed by atoms with E-state index in [-0.39, 0.29) is 11.8 Å². The lowest BCUT2D eigenvalue weighted by molar-refractivity contribution is -0.119. The zero-order valence-corrected chi connectivity index (χ0v) is 11.1. The Morgan fingerprint density at radius 1 is 1.35 bits per heavy atom. The van der Waals surface area contributed by atoms with Gasteiger partial charge in [0.15, 0.2) is 0 Å². The van der Waals surface area contributed by atoms with Crippen LogP contribution in [0.2, 0.25) is 0 Å². The third-order valence-electron chi connectivity index (χ3n) is 3.18. The molecule has 3 heteroatoms. The maximum Gasteiger partial charge on any atom is 0.228 e. The number of benzene rings is 1. The maximum absolute atomic E-state index is 12.0. The molecule has 0 aromatic heterocycles. The zero-order valence-electron chi connectivity index (χ0n) is 11.1. The van der Waals surface area contributed by atoms with Gasteiger partial charge < -0.3 is 10.6 Å². The van der Waals surface area contributed by atoms with E-state index in [4.69, 9.17) is 0 Å². The molecule has 1 unspecified atom stereocenters. The first-order valence-electron chi connectivity index (χ1n) is 6.11. The predicted octanol–water partition coefficient (Wildman–Crippen LogP) is 2.49. The van der Waals surface area contributed by atoms with Gasteiger partial charge in [0, 0.05) is 12.2 Å². The Balaban J connectivity index is 2.76. The van der Waals surface area contributed by atoms with Gasteiger partial charge in [-0.3, -0.25) is 4.79 Å². The summed E-state index contributed by atoms with van der Waals surface area (Å²) in [4.78, 5) is 12.0. The molecule has 1 rings (SSSR count). The van der Waals surface area contributed by atoms with E-state index < -0.39 is 0 Å². The van der Waals surface area contributed by atoms with Crippen molar-refractivity contribution in [2.24, 2.45) is 5.92 Å². The quantitative estimate of drug-likeness (QED) is 0.822. The summed E-state index contributed by atoms with van der Waals surface area (Å²) in [6.07, 6.45) is 0.845. The first-order valence-corrected chi connectivity index (χ1v) is 6.11. The summed E-state index contributed by atoms with van der Waals surface area (Å²) < 4.78 is 0. The summed E-state index contributed by atoms with van der Waals surface area (Å²) in [6, 6.07) is 5.97. The van der Waals surface area contributed by atoms with Gasteiger partial charge in [0.25, 0.3) is 0 Å². The highest BCUT2D eigenvalue weighted by atomic mass is 16.1. The van der Waals surface area contributed by atoms with Crippen LogP contribution in [-0.4, -0.2) is 19.5 Å². The lowest BCUT2D eigenvalue weighted by Crippen LogP contribution is -2.30. The molecule has 0 aliphatic heterocycles. The Morgan fingerprint density at radius 2 is 2.06 bits per heavy atom. The van der Waals surface area contributed by atoms with Crippen LogP contribution >= 0.6 is 0 Å². The van der Waals surface area contributed by atoms with E-state index in [9.17, 15) is 4.79 Å². The minimum atomic E-state index is 0.0277. The van der Waals surface area contributed by atoms with Gasteiger partial charge in [-0.05, 0) is 44.5 Å². The van der Waals surface area contributed by atoms with Crippen LogP contribution in [-0.2, 0) is 4.79 Å². The van der Waals surface area contributed by atoms with Gasteiger partial charge in [0.05, 0.1) is 5.92 Å². The zero-order chi connectivity index (χ0) is 12.8. The van der Waals surface area contributed by atoms with Gasteiger partial charge in [-0.25, -0.2) is 0 Å². The molecule has 0 spiro atoms. The average Bonchev–Trinajstić information content (AvgIpc) is 2.31. The molecule has 94 valence electrons. The molecule has 0 radical (unpaired) electrons. The van der Waals surface area contributed by atoms with E-state index in [1.54, 1.807) is 0 Å². The minimum absolute atomic E-state index is 0.0277. The number of carbonyl (C=O) groups excluding carboxylic acids is 1. The van der Waals surface area contributed by atoms with Crippen molar-refractivity contribution < 1.29 is 4.79 Å². The molecule has 1 aromatic carbocycles. The fraction of sp³-hybridized carbons (Fsp3) is 0.500. The lowest BCUT2D eigenvalue weighted by Gasteiger charge is -2.16. The van der Waals surface area contributed by atoms with E-state index >= 15 is 0 Å². The highest BCUT2D eigenvalue weighted by Gasteiger charge is 2.16. The lowest BCUT2D eigenvalue weighted by atomic mass is 10.0. The van der Waals surface area contributed by atoms with Crippen molar-refractivity contribution in [2.75, 3.05) is 18.9 Å². The van der Waals surface area contributed by atoms with Gasteiger partial charge in [0.2, 0.25) is 5.91 Å². The molecule has 0 saturated heterocycles. The minimum Gasteiger partial charge on any atom is -0.326 e. The fourth-order valence-corrected chi connectivity index (χ4v) is 1.79.